The lowest BCUT2D eigenvalue weighted by Gasteiger charge is -2.23. The van der Waals surface area contributed by atoms with E-state index in [0.717, 1.165) is 79.3 Å². The summed E-state index contributed by atoms with van der Waals surface area (Å²) in [6.07, 6.45) is 3.29. The van der Waals surface area contributed by atoms with Crippen molar-refractivity contribution in [1.29, 1.82) is 0 Å². The van der Waals surface area contributed by atoms with Gasteiger partial charge >= 0.3 is 0 Å². The molecule has 0 aliphatic heterocycles. The fourth-order valence-corrected chi connectivity index (χ4v) is 6.18. The molecule has 0 saturated heterocycles. The third-order valence-corrected chi connectivity index (χ3v) is 8.20. The Hall–Kier alpha value is -3.74. The SMILES string of the molecule is CC(C)c1nc(CN(CCCCCN)Cc2cc3c([nH]c4ccccc43)c(C(C)C)n2)cc2c1[nH]c1ccccc12. The van der Waals surface area contributed by atoms with Crippen molar-refractivity contribution in [3.63, 3.8) is 0 Å². The van der Waals surface area contributed by atoms with Gasteiger partial charge in [0.25, 0.3) is 0 Å². The summed E-state index contributed by atoms with van der Waals surface area (Å²) in [5.41, 5.74) is 15.0. The summed E-state index contributed by atoms with van der Waals surface area (Å²) in [6, 6.07) is 21.7. The maximum Gasteiger partial charge on any atom is 0.0686 e. The van der Waals surface area contributed by atoms with Gasteiger partial charge in [-0.15, -0.1) is 0 Å². The van der Waals surface area contributed by atoms with Crippen molar-refractivity contribution < 1.29 is 0 Å². The molecule has 0 fully saturated rings. The van der Waals surface area contributed by atoms with E-state index in [2.05, 4.69) is 103 Å². The number of unbranched alkanes of at least 4 members (excludes halogenated alkanes) is 2. The molecule has 4 heterocycles. The van der Waals surface area contributed by atoms with Crippen LogP contribution in [0.25, 0.3) is 43.6 Å². The second-order valence-corrected chi connectivity index (χ2v) is 12.1. The highest BCUT2D eigenvalue weighted by Gasteiger charge is 2.19. The van der Waals surface area contributed by atoms with Gasteiger partial charge in [-0.3, -0.25) is 14.9 Å². The third-order valence-electron chi connectivity index (χ3n) is 8.20. The number of hydrogen-bond acceptors (Lipinski definition) is 4. The molecule has 6 heteroatoms. The summed E-state index contributed by atoms with van der Waals surface area (Å²) in [6.45, 7) is 12.2. The fraction of sp³-hybridized carbons (Fsp3) is 0.371. The van der Waals surface area contributed by atoms with Crippen molar-refractivity contribution in [2.45, 2.75) is 71.9 Å². The van der Waals surface area contributed by atoms with Crippen LogP contribution in [0.3, 0.4) is 0 Å². The monoisotopic (exact) mass is 546 g/mol. The number of nitrogens with two attached hydrogens (primary N) is 1. The molecule has 6 rings (SSSR count). The molecule has 0 amide bonds. The van der Waals surface area contributed by atoms with Crippen LogP contribution in [0.1, 0.15) is 81.6 Å². The number of benzene rings is 2. The van der Waals surface area contributed by atoms with E-state index in [0.29, 0.717) is 11.8 Å². The van der Waals surface area contributed by atoms with Gasteiger partial charge in [-0.1, -0.05) is 70.5 Å². The summed E-state index contributed by atoms with van der Waals surface area (Å²) >= 11 is 0. The molecule has 0 unspecified atom stereocenters. The number of para-hydroxylation sites is 2. The number of fused-ring (bicyclic) bond motifs is 6. The van der Waals surface area contributed by atoms with E-state index in [-0.39, 0.29) is 0 Å². The van der Waals surface area contributed by atoms with Gasteiger partial charge in [0.05, 0.1) is 33.8 Å². The highest BCUT2D eigenvalue weighted by Crippen LogP contribution is 2.33. The van der Waals surface area contributed by atoms with Crippen molar-refractivity contribution in [2.75, 3.05) is 13.1 Å². The van der Waals surface area contributed by atoms with Crippen LogP contribution in [-0.2, 0) is 13.1 Å². The Morgan fingerprint density at radius 1 is 0.659 bits per heavy atom. The Bertz CT molecular complexity index is 1680. The van der Waals surface area contributed by atoms with Crippen LogP contribution in [0.2, 0.25) is 0 Å². The van der Waals surface area contributed by atoms with Crippen LogP contribution in [0.5, 0.6) is 0 Å². The lowest BCUT2D eigenvalue weighted by atomic mass is 10.0. The lowest BCUT2D eigenvalue weighted by molar-refractivity contribution is 0.244. The first-order valence-corrected chi connectivity index (χ1v) is 15.2. The second kappa shape index (κ2) is 11.6. The smallest absolute Gasteiger partial charge is 0.0686 e. The average Bonchev–Trinajstić information content (AvgIpc) is 3.53. The molecular formula is C35H42N6. The van der Waals surface area contributed by atoms with Gasteiger partial charge in [0.15, 0.2) is 0 Å². The number of H-pyrrole nitrogens is 2. The summed E-state index contributed by atoms with van der Waals surface area (Å²) in [7, 11) is 0. The van der Waals surface area contributed by atoms with Gasteiger partial charge in [-0.25, -0.2) is 0 Å². The highest BCUT2D eigenvalue weighted by molar-refractivity contribution is 6.09. The number of nitrogens with one attached hydrogen (secondary N) is 2. The van der Waals surface area contributed by atoms with Gasteiger partial charge in [0.2, 0.25) is 0 Å². The van der Waals surface area contributed by atoms with Crippen molar-refractivity contribution in [3.8, 4) is 0 Å². The normalized spacial score (nSPS) is 12.4. The molecule has 41 heavy (non-hydrogen) atoms. The van der Waals surface area contributed by atoms with E-state index in [1.54, 1.807) is 0 Å². The highest BCUT2D eigenvalue weighted by atomic mass is 15.1. The van der Waals surface area contributed by atoms with E-state index in [1.807, 2.05) is 0 Å². The molecule has 0 spiro atoms. The maximum atomic E-state index is 5.82. The molecule has 0 bridgehead atoms. The maximum absolute atomic E-state index is 5.82. The van der Waals surface area contributed by atoms with Crippen LogP contribution < -0.4 is 5.73 Å². The molecule has 0 radical (unpaired) electrons. The predicted molar refractivity (Wildman–Crippen MR) is 172 cm³/mol. The third kappa shape index (κ3) is 5.46. The lowest BCUT2D eigenvalue weighted by Crippen LogP contribution is -2.25. The van der Waals surface area contributed by atoms with E-state index in [1.165, 1.54) is 32.6 Å². The first-order chi connectivity index (χ1) is 19.9. The van der Waals surface area contributed by atoms with E-state index in [9.17, 15) is 0 Å². The Kier molecular flexibility index (Phi) is 7.78. The van der Waals surface area contributed by atoms with Crippen LogP contribution in [-0.4, -0.2) is 37.9 Å². The van der Waals surface area contributed by atoms with Crippen LogP contribution in [0.4, 0.5) is 0 Å². The van der Waals surface area contributed by atoms with Crippen LogP contribution >= 0.6 is 0 Å². The largest absolute Gasteiger partial charge is 0.353 e. The molecule has 4 aromatic heterocycles. The summed E-state index contributed by atoms with van der Waals surface area (Å²) in [4.78, 5) is 20.3. The minimum atomic E-state index is 0.322. The van der Waals surface area contributed by atoms with E-state index >= 15 is 0 Å². The molecule has 0 aliphatic rings. The Morgan fingerprint density at radius 2 is 1.15 bits per heavy atom. The molecule has 212 valence electrons. The quantitative estimate of drug-likeness (QED) is 0.143. The number of nitrogens with zero attached hydrogens (tertiary/aromatic N) is 3. The standard InChI is InChI=1S/C35H42N6/c1-22(2)32-34-28(26-12-6-8-14-30(26)39-34)18-24(37-32)20-41(17-11-5-10-16-36)21-25-19-29-27-13-7-9-15-31(27)40-35(29)33(38-25)23(3)4/h6-9,12-15,18-19,22-23,39-40H,5,10-11,16-17,20-21,36H2,1-4H3. The number of aromatic nitrogens is 4. The van der Waals surface area contributed by atoms with Crippen LogP contribution in [0.15, 0.2) is 60.7 Å². The molecule has 6 nitrogen and oxygen atoms in total. The minimum absolute atomic E-state index is 0.322. The zero-order valence-corrected chi connectivity index (χ0v) is 24.8. The van der Waals surface area contributed by atoms with Crippen molar-refractivity contribution in [2.24, 2.45) is 5.73 Å². The van der Waals surface area contributed by atoms with E-state index in [4.69, 9.17) is 15.7 Å². The minimum Gasteiger partial charge on any atom is -0.353 e. The topological polar surface area (TPSA) is 86.6 Å². The molecule has 4 N–H and O–H groups in total. The van der Waals surface area contributed by atoms with Crippen molar-refractivity contribution in [3.05, 3.63) is 83.4 Å². The summed E-state index contributed by atoms with van der Waals surface area (Å²) < 4.78 is 0. The zero-order chi connectivity index (χ0) is 28.5. The van der Waals surface area contributed by atoms with Crippen molar-refractivity contribution in [1.82, 2.24) is 24.8 Å². The number of rotatable bonds is 11. The molecule has 0 saturated carbocycles. The van der Waals surface area contributed by atoms with Gasteiger partial charge in [0.1, 0.15) is 0 Å². The molecule has 0 aliphatic carbocycles. The summed E-state index contributed by atoms with van der Waals surface area (Å²) in [5.74, 6) is 0.645. The number of aromatic amines is 2. The first kappa shape index (κ1) is 27.4. The Balaban J connectivity index is 1.39. The first-order valence-electron chi connectivity index (χ1n) is 15.2. The second-order valence-electron chi connectivity index (χ2n) is 12.1. The predicted octanol–water partition coefficient (Wildman–Crippen LogP) is 8.12. The molecule has 0 atom stereocenters. The van der Waals surface area contributed by atoms with Crippen molar-refractivity contribution >= 4 is 43.6 Å². The molecular weight excluding hydrogens is 504 g/mol. The average molecular weight is 547 g/mol. The molecule has 2 aromatic carbocycles. The Labute approximate surface area is 242 Å². The Morgan fingerprint density at radius 3 is 1.61 bits per heavy atom. The zero-order valence-electron chi connectivity index (χ0n) is 24.8. The number of hydrogen-bond donors (Lipinski definition) is 3. The van der Waals surface area contributed by atoms with E-state index < -0.39 is 0 Å². The van der Waals surface area contributed by atoms with Gasteiger partial charge in [-0.05, 0) is 62.0 Å². The fourth-order valence-electron chi connectivity index (χ4n) is 6.18. The number of pyridine rings is 2. The van der Waals surface area contributed by atoms with Gasteiger partial charge in [0, 0.05) is 45.7 Å². The van der Waals surface area contributed by atoms with Gasteiger partial charge in [-0.2, -0.15) is 0 Å². The van der Waals surface area contributed by atoms with Crippen LogP contribution in [0, 0.1) is 0 Å². The summed E-state index contributed by atoms with van der Waals surface area (Å²) in [5, 5.41) is 5.04. The molecule has 6 aromatic rings. The van der Waals surface area contributed by atoms with Gasteiger partial charge < -0.3 is 15.7 Å².